The van der Waals surface area contributed by atoms with Gasteiger partial charge < -0.3 is 15.7 Å². The monoisotopic (exact) mass is 228 g/mol. The van der Waals surface area contributed by atoms with Gasteiger partial charge in [-0.3, -0.25) is 4.79 Å². The van der Waals surface area contributed by atoms with Crippen LogP contribution in [0.3, 0.4) is 0 Å². The summed E-state index contributed by atoms with van der Waals surface area (Å²) < 4.78 is 0. The van der Waals surface area contributed by atoms with Gasteiger partial charge in [0.05, 0.1) is 17.5 Å². The number of hydrogen-bond donors (Lipinski definition) is 2. The maximum Gasteiger partial charge on any atom is 0.264 e. The maximum absolute atomic E-state index is 11.9. The molecule has 1 aromatic heterocycles. The zero-order valence-corrected chi connectivity index (χ0v) is 9.97. The summed E-state index contributed by atoms with van der Waals surface area (Å²) in [5.41, 5.74) is 6.32. The van der Waals surface area contributed by atoms with E-state index in [1.807, 2.05) is 6.92 Å². The molecule has 1 heterocycles. The summed E-state index contributed by atoms with van der Waals surface area (Å²) in [5.74, 6) is -0.0960. The molecule has 0 aromatic carbocycles. The van der Waals surface area contributed by atoms with E-state index in [-0.39, 0.29) is 18.6 Å². The zero-order chi connectivity index (χ0) is 11.6. The lowest BCUT2D eigenvalue weighted by Crippen LogP contribution is -2.36. The Balaban J connectivity index is 2.85. The summed E-state index contributed by atoms with van der Waals surface area (Å²) in [4.78, 5) is 15.0. The minimum atomic E-state index is -0.180. The molecular weight excluding hydrogens is 212 g/mol. The van der Waals surface area contributed by atoms with Crippen molar-refractivity contribution in [1.82, 2.24) is 4.90 Å². The molecule has 0 saturated heterocycles. The quantitative estimate of drug-likeness (QED) is 0.814. The fourth-order valence-electron chi connectivity index (χ4n) is 1.10. The average Bonchev–Trinajstić information content (AvgIpc) is 2.56. The van der Waals surface area contributed by atoms with Crippen molar-refractivity contribution >= 4 is 22.9 Å². The molecule has 15 heavy (non-hydrogen) atoms. The van der Waals surface area contributed by atoms with E-state index in [1.165, 1.54) is 16.2 Å². The van der Waals surface area contributed by atoms with Gasteiger partial charge >= 0.3 is 0 Å². The van der Waals surface area contributed by atoms with Crippen LogP contribution in [-0.4, -0.2) is 35.6 Å². The van der Waals surface area contributed by atoms with Crippen LogP contribution in [0.15, 0.2) is 6.07 Å². The lowest BCUT2D eigenvalue weighted by molar-refractivity contribution is 0.0687. The number of rotatable bonds is 3. The highest BCUT2D eigenvalue weighted by atomic mass is 32.1. The fourth-order valence-corrected chi connectivity index (χ4v) is 2.02. The normalized spacial score (nSPS) is 12.5. The van der Waals surface area contributed by atoms with Gasteiger partial charge in [0.15, 0.2) is 0 Å². The van der Waals surface area contributed by atoms with Crippen molar-refractivity contribution in [3.63, 3.8) is 0 Å². The van der Waals surface area contributed by atoms with Crippen LogP contribution in [0.5, 0.6) is 0 Å². The molecule has 0 saturated carbocycles. The summed E-state index contributed by atoms with van der Waals surface area (Å²) in [6.07, 6.45) is 0. The molecule has 0 spiro atoms. The summed E-state index contributed by atoms with van der Waals surface area (Å²) in [5, 5.41) is 8.95. The second-order valence-corrected chi connectivity index (χ2v) is 4.83. The molecule has 0 aliphatic heterocycles. The van der Waals surface area contributed by atoms with Gasteiger partial charge in [-0.25, -0.2) is 0 Å². The molecule has 5 heteroatoms. The number of nitrogens with two attached hydrogens (primary N) is 1. The van der Waals surface area contributed by atoms with Crippen LogP contribution < -0.4 is 5.73 Å². The van der Waals surface area contributed by atoms with Crippen molar-refractivity contribution in [2.45, 2.75) is 19.9 Å². The number of carbonyl (C=O) groups is 1. The Kier molecular flexibility index (Phi) is 3.71. The number of thiophene rings is 1. The number of aliphatic hydroxyl groups excluding tert-OH is 1. The van der Waals surface area contributed by atoms with Crippen LogP contribution in [0.4, 0.5) is 5.69 Å². The van der Waals surface area contributed by atoms with Crippen molar-refractivity contribution < 1.29 is 9.90 Å². The van der Waals surface area contributed by atoms with Crippen LogP contribution in [0.25, 0.3) is 0 Å². The van der Waals surface area contributed by atoms with Gasteiger partial charge in [-0.2, -0.15) is 0 Å². The number of hydrogen-bond acceptors (Lipinski definition) is 4. The van der Waals surface area contributed by atoms with Gasteiger partial charge in [-0.15, -0.1) is 11.3 Å². The van der Waals surface area contributed by atoms with Gasteiger partial charge in [0.2, 0.25) is 0 Å². The highest BCUT2D eigenvalue weighted by Gasteiger charge is 2.19. The Labute approximate surface area is 93.3 Å². The first-order valence-corrected chi connectivity index (χ1v) is 5.53. The second kappa shape index (κ2) is 4.63. The Bertz CT molecular complexity index is 343. The van der Waals surface area contributed by atoms with Crippen LogP contribution in [0, 0.1) is 6.92 Å². The van der Waals surface area contributed by atoms with E-state index in [0.717, 1.165) is 4.88 Å². The van der Waals surface area contributed by atoms with Crippen molar-refractivity contribution in [2.24, 2.45) is 0 Å². The minimum absolute atomic E-state index is 0.0396. The molecule has 3 N–H and O–H groups in total. The molecule has 0 aliphatic rings. The van der Waals surface area contributed by atoms with Crippen LogP contribution in [0.1, 0.15) is 21.5 Å². The van der Waals surface area contributed by atoms with E-state index in [1.54, 1.807) is 20.0 Å². The molecule has 1 unspecified atom stereocenters. The number of aryl methyl sites for hydroxylation is 1. The summed E-state index contributed by atoms with van der Waals surface area (Å²) in [6.45, 7) is 3.63. The van der Waals surface area contributed by atoms with Crippen molar-refractivity contribution in [3.05, 3.63) is 15.8 Å². The Morgan fingerprint density at radius 2 is 2.33 bits per heavy atom. The van der Waals surface area contributed by atoms with E-state index in [2.05, 4.69) is 0 Å². The van der Waals surface area contributed by atoms with Gasteiger partial charge in [0, 0.05) is 17.6 Å². The molecule has 0 aliphatic carbocycles. The lowest BCUT2D eigenvalue weighted by Gasteiger charge is -2.22. The van der Waals surface area contributed by atoms with Crippen LogP contribution in [0.2, 0.25) is 0 Å². The van der Waals surface area contributed by atoms with Crippen LogP contribution in [-0.2, 0) is 0 Å². The standard InChI is InChI=1S/C10H16N2O2S/c1-6(5-13)12(3)10(14)9-4-8(11)7(2)15-9/h4,6,13H,5,11H2,1-3H3. The van der Waals surface area contributed by atoms with Gasteiger partial charge in [-0.05, 0) is 19.9 Å². The Hall–Kier alpha value is -1.07. The first-order valence-electron chi connectivity index (χ1n) is 4.71. The average molecular weight is 228 g/mol. The highest BCUT2D eigenvalue weighted by molar-refractivity contribution is 7.14. The summed E-state index contributed by atoms with van der Waals surface area (Å²) in [6, 6.07) is 1.50. The number of amides is 1. The number of nitrogens with zero attached hydrogens (tertiary/aromatic N) is 1. The van der Waals surface area contributed by atoms with Gasteiger partial charge in [0.25, 0.3) is 5.91 Å². The molecule has 84 valence electrons. The number of anilines is 1. The molecule has 4 nitrogen and oxygen atoms in total. The molecule has 1 amide bonds. The summed E-state index contributed by atoms with van der Waals surface area (Å²) in [7, 11) is 1.68. The lowest BCUT2D eigenvalue weighted by atomic mass is 10.3. The second-order valence-electron chi connectivity index (χ2n) is 3.57. The van der Waals surface area contributed by atoms with Crippen molar-refractivity contribution in [2.75, 3.05) is 19.4 Å². The van der Waals surface area contributed by atoms with Crippen LogP contribution >= 0.6 is 11.3 Å². The predicted molar refractivity (Wildman–Crippen MR) is 62.1 cm³/mol. The number of nitrogen functional groups attached to an aromatic ring is 1. The third-order valence-corrected chi connectivity index (χ3v) is 3.47. The maximum atomic E-state index is 11.9. The van der Waals surface area contributed by atoms with E-state index >= 15 is 0 Å². The first kappa shape index (κ1) is 12.0. The minimum Gasteiger partial charge on any atom is -0.398 e. The third-order valence-electron chi connectivity index (χ3n) is 2.41. The molecule has 0 fully saturated rings. The van der Waals surface area contributed by atoms with E-state index in [4.69, 9.17) is 10.8 Å². The Morgan fingerprint density at radius 3 is 2.73 bits per heavy atom. The zero-order valence-electron chi connectivity index (χ0n) is 9.15. The Morgan fingerprint density at radius 1 is 1.73 bits per heavy atom. The van der Waals surface area contributed by atoms with Gasteiger partial charge in [-0.1, -0.05) is 0 Å². The van der Waals surface area contributed by atoms with Crippen molar-refractivity contribution in [3.8, 4) is 0 Å². The topological polar surface area (TPSA) is 66.6 Å². The SMILES string of the molecule is Cc1sc(C(=O)N(C)C(C)CO)cc1N. The molecule has 1 aromatic rings. The highest BCUT2D eigenvalue weighted by Crippen LogP contribution is 2.24. The smallest absolute Gasteiger partial charge is 0.264 e. The fraction of sp³-hybridized carbons (Fsp3) is 0.500. The van der Waals surface area contributed by atoms with Crippen molar-refractivity contribution in [1.29, 1.82) is 0 Å². The number of aliphatic hydroxyl groups is 1. The van der Waals surface area contributed by atoms with E-state index in [0.29, 0.717) is 10.6 Å². The molecule has 0 radical (unpaired) electrons. The largest absolute Gasteiger partial charge is 0.398 e. The van der Waals surface area contributed by atoms with E-state index < -0.39 is 0 Å². The molecule has 1 rings (SSSR count). The number of likely N-dealkylation sites (N-methyl/N-ethyl adjacent to an activating group) is 1. The first-order chi connectivity index (χ1) is 6.97. The van der Waals surface area contributed by atoms with Gasteiger partial charge in [0.1, 0.15) is 0 Å². The molecule has 0 bridgehead atoms. The number of carbonyl (C=O) groups excluding carboxylic acids is 1. The predicted octanol–water partition coefficient (Wildman–Crippen LogP) is 1.09. The third kappa shape index (κ3) is 2.49. The summed E-state index contributed by atoms with van der Waals surface area (Å²) >= 11 is 1.38. The van der Waals surface area contributed by atoms with E-state index in [9.17, 15) is 4.79 Å². The molecular formula is C10H16N2O2S. The molecule has 1 atom stereocenters.